The van der Waals surface area contributed by atoms with Crippen LogP contribution >= 0.6 is 0 Å². The van der Waals surface area contributed by atoms with E-state index in [2.05, 4.69) is 4.57 Å². The van der Waals surface area contributed by atoms with Gasteiger partial charge in [0.1, 0.15) is 18.1 Å². The molecular weight excluding hydrogens is 421 g/mol. The Morgan fingerprint density at radius 3 is 2.61 bits per heavy atom. The van der Waals surface area contributed by atoms with Crippen molar-refractivity contribution in [3.8, 4) is 5.75 Å². The topological polar surface area (TPSA) is 54.8 Å². The summed E-state index contributed by atoms with van der Waals surface area (Å²) in [5.74, 6) is -0.180. The summed E-state index contributed by atoms with van der Waals surface area (Å²) in [4.78, 5) is 30.2. The summed E-state index contributed by atoms with van der Waals surface area (Å²) in [7, 11) is 1.55. The molecule has 1 aliphatic heterocycles. The van der Waals surface area contributed by atoms with Crippen molar-refractivity contribution in [1.82, 2.24) is 14.4 Å². The number of halogens is 1. The molecule has 4 rings (SSSR count). The highest BCUT2D eigenvalue weighted by Gasteiger charge is 2.34. The molecule has 0 radical (unpaired) electrons. The molecule has 0 bridgehead atoms. The van der Waals surface area contributed by atoms with Gasteiger partial charge in [0.25, 0.3) is 5.91 Å². The zero-order valence-corrected chi connectivity index (χ0v) is 19.1. The number of benzene rings is 2. The smallest absolute Gasteiger partial charge is 0.254 e. The fourth-order valence-electron chi connectivity index (χ4n) is 4.33. The van der Waals surface area contributed by atoms with E-state index in [-0.39, 0.29) is 30.2 Å². The van der Waals surface area contributed by atoms with Crippen molar-refractivity contribution in [2.45, 2.75) is 32.5 Å². The lowest BCUT2D eigenvalue weighted by molar-refractivity contribution is -0.135. The number of carbonyl (C=O) groups is 2. The van der Waals surface area contributed by atoms with Gasteiger partial charge in [-0.3, -0.25) is 9.59 Å². The first-order valence-corrected chi connectivity index (χ1v) is 11.0. The van der Waals surface area contributed by atoms with Gasteiger partial charge in [-0.1, -0.05) is 18.2 Å². The number of rotatable bonds is 6. The predicted octanol–water partition coefficient (Wildman–Crippen LogP) is 4.12. The van der Waals surface area contributed by atoms with Crippen molar-refractivity contribution in [2.75, 3.05) is 20.2 Å². The molecule has 0 N–H and O–H groups in total. The molecule has 0 fully saturated rings. The Kier molecular flexibility index (Phi) is 6.49. The van der Waals surface area contributed by atoms with Crippen LogP contribution in [0, 0.1) is 5.82 Å². The summed E-state index contributed by atoms with van der Waals surface area (Å²) in [6.07, 6.45) is 1.97. The van der Waals surface area contributed by atoms with Gasteiger partial charge in [-0.05, 0) is 61.9 Å². The quantitative estimate of drug-likeness (QED) is 0.569. The number of ether oxygens (including phenoxy) is 1. The van der Waals surface area contributed by atoms with E-state index in [0.717, 1.165) is 5.69 Å². The third kappa shape index (κ3) is 4.62. The van der Waals surface area contributed by atoms with Gasteiger partial charge < -0.3 is 19.1 Å². The number of carbonyl (C=O) groups excluding carboxylic acids is 2. The van der Waals surface area contributed by atoms with Crippen molar-refractivity contribution in [3.63, 3.8) is 0 Å². The summed E-state index contributed by atoms with van der Waals surface area (Å²) in [6.45, 7) is 4.82. The van der Waals surface area contributed by atoms with Crippen LogP contribution in [0.3, 0.4) is 0 Å². The van der Waals surface area contributed by atoms with E-state index in [1.165, 1.54) is 12.1 Å². The summed E-state index contributed by atoms with van der Waals surface area (Å²) >= 11 is 0. The zero-order chi connectivity index (χ0) is 23.5. The Hall–Kier alpha value is -3.61. The molecule has 2 aromatic carbocycles. The largest absolute Gasteiger partial charge is 0.497 e. The third-order valence-electron chi connectivity index (χ3n) is 6.03. The summed E-state index contributed by atoms with van der Waals surface area (Å²) in [5, 5.41) is 0. The molecule has 1 unspecified atom stereocenters. The second kappa shape index (κ2) is 9.48. The number of nitrogens with zero attached hydrogens (tertiary/aromatic N) is 3. The maximum absolute atomic E-state index is 14.1. The SMILES string of the molecule is COc1cccc(C(=O)N(CC(=O)N2CCn3cccc3C2c2cccc(F)c2)C(C)C)c1. The van der Waals surface area contributed by atoms with Gasteiger partial charge in [0.05, 0.1) is 13.2 Å². The van der Waals surface area contributed by atoms with Crippen LogP contribution in [0.15, 0.2) is 66.9 Å². The van der Waals surface area contributed by atoms with Crippen LogP contribution < -0.4 is 4.74 Å². The Balaban J connectivity index is 1.62. The molecule has 1 aliphatic rings. The van der Waals surface area contributed by atoms with Gasteiger partial charge in [-0.15, -0.1) is 0 Å². The Morgan fingerprint density at radius 1 is 1.09 bits per heavy atom. The van der Waals surface area contributed by atoms with Gasteiger partial charge in [0.15, 0.2) is 0 Å². The molecule has 172 valence electrons. The van der Waals surface area contributed by atoms with Crippen LogP contribution in [0.4, 0.5) is 4.39 Å². The molecule has 6 nitrogen and oxygen atoms in total. The van der Waals surface area contributed by atoms with Crippen molar-refractivity contribution >= 4 is 11.8 Å². The highest BCUT2D eigenvalue weighted by atomic mass is 19.1. The molecule has 3 aromatic rings. The molecule has 1 atom stereocenters. The molecule has 0 aliphatic carbocycles. The van der Waals surface area contributed by atoms with E-state index in [9.17, 15) is 14.0 Å². The maximum Gasteiger partial charge on any atom is 0.254 e. The zero-order valence-electron chi connectivity index (χ0n) is 19.1. The van der Waals surface area contributed by atoms with Crippen molar-refractivity contribution in [1.29, 1.82) is 0 Å². The van der Waals surface area contributed by atoms with Crippen LogP contribution in [-0.4, -0.2) is 52.4 Å². The fourth-order valence-corrected chi connectivity index (χ4v) is 4.33. The monoisotopic (exact) mass is 449 g/mol. The summed E-state index contributed by atoms with van der Waals surface area (Å²) in [6, 6.07) is 16.5. The number of methoxy groups -OCH3 is 1. The molecule has 0 saturated carbocycles. The molecule has 0 spiro atoms. The lowest BCUT2D eigenvalue weighted by atomic mass is 9.99. The minimum atomic E-state index is -0.419. The Morgan fingerprint density at radius 2 is 1.88 bits per heavy atom. The highest BCUT2D eigenvalue weighted by molar-refractivity contribution is 5.97. The predicted molar refractivity (Wildman–Crippen MR) is 124 cm³/mol. The van der Waals surface area contributed by atoms with E-state index in [4.69, 9.17) is 4.74 Å². The Bertz CT molecular complexity index is 1160. The fraction of sp³-hybridized carbons (Fsp3) is 0.308. The first-order valence-electron chi connectivity index (χ1n) is 11.0. The van der Waals surface area contributed by atoms with Crippen molar-refractivity contribution in [2.24, 2.45) is 0 Å². The molecule has 0 saturated heterocycles. The average molecular weight is 450 g/mol. The van der Waals surface area contributed by atoms with Crippen molar-refractivity contribution in [3.05, 3.63) is 89.5 Å². The Labute approximate surface area is 193 Å². The van der Waals surface area contributed by atoms with Crippen LogP contribution in [-0.2, 0) is 11.3 Å². The van der Waals surface area contributed by atoms with Crippen molar-refractivity contribution < 1.29 is 18.7 Å². The van der Waals surface area contributed by atoms with Gasteiger partial charge in [-0.2, -0.15) is 0 Å². The number of aromatic nitrogens is 1. The number of hydrogen-bond donors (Lipinski definition) is 0. The van der Waals surface area contributed by atoms with E-state index in [1.54, 1.807) is 47.2 Å². The van der Waals surface area contributed by atoms with Gasteiger partial charge in [0.2, 0.25) is 5.91 Å². The van der Waals surface area contributed by atoms with Gasteiger partial charge in [-0.25, -0.2) is 4.39 Å². The van der Waals surface area contributed by atoms with Crippen LogP contribution in [0.1, 0.15) is 41.5 Å². The first-order chi connectivity index (χ1) is 15.9. The second-order valence-electron chi connectivity index (χ2n) is 8.43. The van der Waals surface area contributed by atoms with Gasteiger partial charge in [0, 0.05) is 36.6 Å². The third-order valence-corrected chi connectivity index (χ3v) is 6.03. The minimum absolute atomic E-state index is 0.0692. The lowest BCUT2D eigenvalue weighted by Crippen LogP contribution is -2.49. The average Bonchev–Trinajstić information content (AvgIpc) is 3.30. The van der Waals surface area contributed by atoms with Crippen LogP contribution in [0.25, 0.3) is 0 Å². The molecule has 2 heterocycles. The number of fused-ring (bicyclic) bond motifs is 1. The first kappa shape index (κ1) is 22.6. The van der Waals surface area contributed by atoms with Crippen LogP contribution in [0.5, 0.6) is 5.75 Å². The highest BCUT2D eigenvalue weighted by Crippen LogP contribution is 2.33. The standard InChI is InChI=1S/C26H28FN3O3/c1-18(2)30(26(32)20-8-5-10-22(16-20)33-3)17-24(31)29-14-13-28-12-6-11-23(28)25(29)19-7-4-9-21(27)15-19/h4-12,15-16,18,25H,13-14,17H2,1-3H3. The molecule has 1 aromatic heterocycles. The lowest BCUT2D eigenvalue weighted by Gasteiger charge is -2.39. The summed E-state index contributed by atoms with van der Waals surface area (Å²) < 4.78 is 21.4. The van der Waals surface area contributed by atoms with E-state index < -0.39 is 6.04 Å². The van der Waals surface area contributed by atoms with Gasteiger partial charge >= 0.3 is 0 Å². The number of amides is 2. The van der Waals surface area contributed by atoms with Crippen LogP contribution in [0.2, 0.25) is 0 Å². The second-order valence-corrected chi connectivity index (χ2v) is 8.43. The normalized spacial score (nSPS) is 15.3. The molecule has 33 heavy (non-hydrogen) atoms. The summed E-state index contributed by atoms with van der Waals surface area (Å²) in [5.41, 5.74) is 2.10. The molecule has 2 amide bonds. The van der Waals surface area contributed by atoms with E-state index in [0.29, 0.717) is 30.0 Å². The minimum Gasteiger partial charge on any atom is -0.497 e. The van der Waals surface area contributed by atoms with E-state index in [1.807, 2.05) is 38.2 Å². The number of hydrogen-bond acceptors (Lipinski definition) is 3. The van der Waals surface area contributed by atoms with E-state index >= 15 is 0 Å². The molecular formula is C26H28FN3O3. The maximum atomic E-state index is 14.1. The molecule has 7 heteroatoms.